The van der Waals surface area contributed by atoms with Gasteiger partial charge in [-0.1, -0.05) is 17.7 Å². The predicted octanol–water partition coefficient (Wildman–Crippen LogP) is 1.54. The van der Waals surface area contributed by atoms with E-state index in [4.69, 9.17) is 0 Å². The summed E-state index contributed by atoms with van der Waals surface area (Å²) in [6.07, 6.45) is 3.44. The number of benzene rings is 1. The Kier molecular flexibility index (Phi) is 5.42. The summed E-state index contributed by atoms with van der Waals surface area (Å²) in [7, 11) is -3.57. The van der Waals surface area contributed by atoms with Crippen LogP contribution in [0.15, 0.2) is 23.1 Å². The van der Waals surface area contributed by atoms with Crippen molar-refractivity contribution in [2.75, 3.05) is 32.7 Å². The van der Waals surface area contributed by atoms with Gasteiger partial charge in [0.1, 0.15) is 6.04 Å². The highest BCUT2D eigenvalue weighted by Crippen LogP contribution is 2.34. The third-order valence-corrected chi connectivity index (χ3v) is 8.30. The van der Waals surface area contributed by atoms with Gasteiger partial charge in [0.15, 0.2) is 0 Å². The molecule has 158 valence electrons. The van der Waals surface area contributed by atoms with E-state index < -0.39 is 10.0 Å². The molecule has 2 heterocycles. The van der Waals surface area contributed by atoms with E-state index in [0.717, 1.165) is 30.4 Å². The van der Waals surface area contributed by atoms with Crippen LogP contribution in [0.25, 0.3) is 0 Å². The van der Waals surface area contributed by atoms with Crippen molar-refractivity contribution >= 4 is 21.8 Å². The van der Waals surface area contributed by atoms with Crippen molar-refractivity contribution in [1.29, 1.82) is 0 Å². The second-order valence-corrected chi connectivity index (χ2v) is 10.4. The molecule has 4 rings (SSSR count). The summed E-state index contributed by atoms with van der Waals surface area (Å²) >= 11 is 0. The fourth-order valence-corrected chi connectivity index (χ4v) is 6.07. The normalized spacial score (nSPS) is 23.4. The lowest BCUT2D eigenvalue weighted by Gasteiger charge is -2.37. The van der Waals surface area contributed by atoms with Crippen LogP contribution in [0, 0.1) is 19.8 Å². The maximum absolute atomic E-state index is 13.0. The molecule has 0 spiro atoms. The van der Waals surface area contributed by atoms with Gasteiger partial charge in [0.2, 0.25) is 21.8 Å². The highest BCUT2D eigenvalue weighted by atomic mass is 32.2. The van der Waals surface area contributed by atoms with E-state index in [1.807, 2.05) is 26.0 Å². The number of nitrogens with zero attached hydrogens (tertiary/aromatic N) is 3. The fraction of sp³-hybridized carbons (Fsp3) is 0.619. The molecule has 1 aliphatic carbocycles. The van der Waals surface area contributed by atoms with E-state index >= 15 is 0 Å². The third kappa shape index (κ3) is 3.92. The topological polar surface area (TPSA) is 78.0 Å². The Hall–Kier alpha value is -1.93. The minimum absolute atomic E-state index is 0.0277. The van der Waals surface area contributed by atoms with E-state index in [9.17, 15) is 18.0 Å². The maximum atomic E-state index is 13.0. The van der Waals surface area contributed by atoms with E-state index in [1.165, 1.54) is 4.31 Å². The Morgan fingerprint density at radius 1 is 0.931 bits per heavy atom. The van der Waals surface area contributed by atoms with Crippen LogP contribution in [-0.2, 0) is 19.6 Å². The maximum Gasteiger partial charge on any atom is 0.245 e. The first-order chi connectivity index (χ1) is 13.8. The van der Waals surface area contributed by atoms with Gasteiger partial charge in [0, 0.05) is 38.6 Å². The van der Waals surface area contributed by atoms with Crippen LogP contribution in [0.4, 0.5) is 0 Å². The summed E-state index contributed by atoms with van der Waals surface area (Å²) < 4.78 is 27.6. The number of carbonyl (C=O) groups is 2. The number of piperazine rings is 1. The summed E-state index contributed by atoms with van der Waals surface area (Å²) in [4.78, 5) is 29.3. The number of carbonyl (C=O) groups excluding carboxylic acids is 2. The molecule has 1 aromatic rings. The number of hydrogen-bond donors (Lipinski definition) is 0. The van der Waals surface area contributed by atoms with Crippen LogP contribution in [0.5, 0.6) is 0 Å². The minimum atomic E-state index is -3.57. The van der Waals surface area contributed by atoms with Crippen LogP contribution < -0.4 is 0 Å². The van der Waals surface area contributed by atoms with E-state index in [1.54, 1.807) is 15.9 Å². The van der Waals surface area contributed by atoms with E-state index in [0.29, 0.717) is 31.0 Å². The summed E-state index contributed by atoms with van der Waals surface area (Å²) in [5, 5.41) is 0. The summed E-state index contributed by atoms with van der Waals surface area (Å²) in [5.74, 6) is 0.208. The van der Waals surface area contributed by atoms with Gasteiger partial charge in [-0.25, -0.2) is 8.42 Å². The molecular formula is C21H29N3O4S. The zero-order valence-electron chi connectivity index (χ0n) is 17.1. The Labute approximate surface area is 172 Å². The molecule has 7 nitrogen and oxygen atoms in total. The summed E-state index contributed by atoms with van der Waals surface area (Å²) in [6, 6.07) is 4.98. The van der Waals surface area contributed by atoms with Crippen molar-refractivity contribution in [1.82, 2.24) is 14.1 Å². The van der Waals surface area contributed by atoms with E-state index in [2.05, 4.69) is 0 Å². The van der Waals surface area contributed by atoms with Crippen molar-refractivity contribution in [2.24, 2.45) is 5.92 Å². The highest BCUT2D eigenvalue weighted by Gasteiger charge is 2.43. The molecule has 3 fully saturated rings. The van der Waals surface area contributed by atoms with Crippen molar-refractivity contribution in [3.63, 3.8) is 0 Å². The lowest BCUT2D eigenvalue weighted by molar-refractivity contribution is -0.145. The first-order valence-electron chi connectivity index (χ1n) is 10.5. The lowest BCUT2D eigenvalue weighted by atomic mass is 10.1. The summed E-state index contributed by atoms with van der Waals surface area (Å²) in [6.45, 7) is 5.71. The van der Waals surface area contributed by atoms with Crippen LogP contribution in [0.2, 0.25) is 0 Å². The molecule has 0 N–H and O–H groups in total. The largest absolute Gasteiger partial charge is 0.338 e. The molecule has 2 aliphatic heterocycles. The molecule has 0 radical (unpaired) electrons. The number of rotatable bonds is 4. The van der Waals surface area contributed by atoms with Crippen LogP contribution >= 0.6 is 0 Å². The second-order valence-electron chi connectivity index (χ2n) is 8.46. The molecule has 3 aliphatic rings. The number of amides is 2. The van der Waals surface area contributed by atoms with Gasteiger partial charge < -0.3 is 9.80 Å². The van der Waals surface area contributed by atoms with Crippen molar-refractivity contribution < 1.29 is 18.0 Å². The van der Waals surface area contributed by atoms with Gasteiger partial charge in [-0.05, 0) is 51.2 Å². The molecule has 2 saturated heterocycles. The fourth-order valence-electron chi connectivity index (χ4n) is 4.44. The van der Waals surface area contributed by atoms with Crippen LogP contribution in [0.3, 0.4) is 0 Å². The van der Waals surface area contributed by atoms with Gasteiger partial charge in [0.05, 0.1) is 4.90 Å². The molecule has 2 amide bonds. The average molecular weight is 420 g/mol. The molecule has 1 atom stereocenters. The molecule has 0 bridgehead atoms. The smallest absolute Gasteiger partial charge is 0.245 e. The molecule has 1 saturated carbocycles. The third-order valence-electron chi connectivity index (χ3n) is 6.25. The quantitative estimate of drug-likeness (QED) is 0.742. The zero-order chi connectivity index (χ0) is 20.8. The van der Waals surface area contributed by atoms with Crippen molar-refractivity contribution in [3.8, 4) is 0 Å². The van der Waals surface area contributed by atoms with Crippen molar-refractivity contribution in [2.45, 2.75) is 50.5 Å². The Morgan fingerprint density at radius 2 is 1.62 bits per heavy atom. The van der Waals surface area contributed by atoms with Gasteiger partial charge in [0.25, 0.3) is 0 Å². The zero-order valence-corrected chi connectivity index (χ0v) is 18.0. The van der Waals surface area contributed by atoms with Crippen molar-refractivity contribution in [3.05, 3.63) is 29.3 Å². The minimum Gasteiger partial charge on any atom is -0.338 e. The second kappa shape index (κ2) is 7.72. The molecule has 1 aromatic carbocycles. The number of likely N-dealkylation sites (tertiary alicyclic amines) is 1. The van der Waals surface area contributed by atoms with Crippen LogP contribution in [-0.4, -0.2) is 73.1 Å². The first-order valence-corrected chi connectivity index (χ1v) is 11.9. The average Bonchev–Trinajstić information content (AvgIpc) is 3.43. The standard InChI is InChI=1S/C21H29N3O4S/c1-15-5-8-19(16(2)14-15)29(27,28)23-12-10-22(11-13-23)21(26)18-4-3-9-24(18)20(25)17-6-7-17/h5,8,14,17-18H,3-4,6-7,9-13H2,1-2H3. The molecule has 29 heavy (non-hydrogen) atoms. The van der Waals surface area contributed by atoms with Crippen LogP contribution in [0.1, 0.15) is 36.8 Å². The van der Waals surface area contributed by atoms with E-state index in [-0.39, 0.29) is 36.9 Å². The Balaban J connectivity index is 1.41. The SMILES string of the molecule is Cc1ccc(S(=O)(=O)N2CCN(C(=O)C3CCCN3C(=O)C3CC3)CC2)c(C)c1. The van der Waals surface area contributed by atoms with Gasteiger partial charge in [-0.3, -0.25) is 9.59 Å². The molecule has 0 aromatic heterocycles. The Bertz CT molecular complexity index is 918. The Morgan fingerprint density at radius 3 is 2.24 bits per heavy atom. The number of hydrogen-bond acceptors (Lipinski definition) is 4. The first kappa shape index (κ1) is 20.3. The number of sulfonamides is 1. The molecule has 1 unspecified atom stereocenters. The summed E-state index contributed by atoms with van der Waals surface area (Å²) in [5.41, 5.74) is 1.77. The predicted molar refractivity (Wildman–Crippen MR) is 109 cm³/mol. The lowest BCUT2D eigenvalue weighted by Crippen LogP contribution is -2.55. The number of aryl methyl sites for hydroxylation is 2. The van der Waals surface area contributed by atoms with Gasteiger partial charge >= 0.3 is 0 Å². The molecular weight excluding hydrogens is 390 g/mol. The highest BCUT2D eigenvalue weighted by molar-refractivity contribution is 7.89. The molecule has 8 heteroatoms. The monoisotopic (exact) mass is 419 g/mol. The van der Waals surface area contributed by atoms with Gasteiger partial charge in [-0.15, -0.1) is 0 Å². The van der Waals surface area contributed by atoms with Gasteiger partial charge in [-0.2, -0.15) is 4.31 Å².